The highest BCUT2D eigenvalue weighted by molar-refractivity contribution is 7.13. The average molecular weight is 426 g/mol. The number of thiazole rings is 1. The van der Waals surface area contributed by atoms with E-state index in [0.717, 1.165) is 12.8 Å². The van der Waals surface area contributed by atoms with E-state index in [1.807, 2.05) is 0 Å². The zero-order valence-electron chi connectivity index (χ0n) is 16.8. The summed E-state index contributed by atoms with van der Waals surface area (Å²) in [6.45, 7) is 8.24. The van der Waals surface area contributed by atoms with Crippen molar-refractivity contribution in [2.45, 2.75) is 70.3 Å². The molecule has 1 fully saturated rings. The smallest absolute Gasteiger partial charge is 0.386 e. The lowest BCUT2D eigenvalue weighted by molar-refractivity contribution is -0.139. The van der Waals surface area contributed by atoms with E-state index in [2.05, 4.69) is 28.9 Å². The van der Waals surface area contributed by atoms with E-state index in [-0.39, 0.29) is 17.3 Å². The number of halogens is 3. The van der Waals surface area contributed by atoms with Crippen LogP contribution < -0.4 is 5.32 Å². The lowest BCUT2D eigenvalue weighted by Crippen LogP contribution is -2.27. The molecule has 0 bridgehead atoms. The van der Waals surface area contributed by atoms with Gasteiger partial charge in [-0.3, -0.25) is 4.99 Å². The number of benzene rings is 1. The van der Waals surface area contributed by atoms with Gasteiger partial charge in [0.2, 0.25) is 0 Å². The van der Waals surface area contributed by atoms with Crippen LogP contribution >= 0.6 is 11.3 Å². The molecule has 2 atom stereocenters. The van der Waals surface area contributed by atoms with Gasteiger partial charge in [0.1, 0.15) is 5.01 Å². The monoisotopic (exact) mass is 425 g/mol. The summed E-state index contributed by atoms with van der Waals surface area (Å²) in [5, 5.41) is 16.4. The van der Waals surface area contributed by atoms with Gasteiger partial charge < -0.3 is 10.4 Å². The minimum Gasteiger partial charge on any atom is -0.386 e. The van der Waals surface area contributed by atoms with Gasteiger partial charge in [-0.05, 0) is 70.4 Å². The van der Waals surface area contributed by atoms with Gasteiger partial charge in [-0.2, -0.15) is 13.2 Å². The fourth-order valence-corrected chi connectivity index (χ4v) is 4.70. The molecule has 0 aliphatic carbocycles. The Morgan fingerprint density at radius 1 is 1.34 bits per heavy atom. The molecule has 2 aromatic rings. The maximum atomic E-state index is 14.0. The van der Waals surface area contributed by atoms with Crippen molar-refractivity contribution in [2.75, 3.05) is 0 Å². The zero-order valence-corrected chi connectivity index (χ0v) is 17.6. The molecule has 0 saturated carbocycles. The third-order valence-corrected chi connectivity index (χ3v) is 6.19. The Hall–Kier alpha value is -1.77. The zero-order chi connectivity index (χ0) is 21.4. The summed E-state index contributed by atoms with van der Waals surface area (Å²) >= 11 is 1.35. The summed E-state index contributed by atoms with van der Waals surface area (Å²) in [6.07, 6.45) is 0.127. The van der Waals surface area contributed by atoms with Crippen molar-refractivity contribution in [3.8, 4) is 10.6 Å². The maximum absolute atomic E-state index is 14.0. The number of aliphatic imine (C=N–C) groups is 1. The second-order valence-electron chi connectivity index (χ2n) is 8.11. The predicted molar refractivity (Wildman–Crippen MR) is 111 cm³/mol. The van der Waals surface area contributed by atoms with Crippen molar-refractivity contribution in [1.82, 2.24) is 10.3 Å². The van der Waals surface area contributed by atoms with Crippen LogP contribution in [-0.2, 0) is 18.2 Å². The topological polar surface area (TPSA) is 57.5 Å². The number of hydrogen-bond donors (Lipinski definition) is 2. The molecule has 0 spiro atoms. The standard InChI is InChI=1S/C21H26F3N3OS/c1-12-5-6-13(27-12)7-8-14-15(19-26-9-10-29-19)11-16(20(2,3)28)17(18(14)25-4)21(22,23)24/h9-13,27-28H,4-8H2,1-3H3. The lowest BCUT2D eigenvalue weighted by Gasteiger charge is -2.27. The molecule has 2 N–H and O–H groups in total. The quantitative estimate of drug-likeness (QED) is 0.604. The number of nitrogens with one attached hydrogen (secondary N) is 1. The average Bonchev–Trinajstić information content (AvgIpc) is 3.28. The fraction of sp³-hybridized carbons (Fsp3) is 0.524. The van der Waals surface area contributed by atoms with Gasteiger partial charge >= 0.3 is 6.18 Å². The van der Waals surface area contributed by atoms with Crippen LogP contribution in [0.25, 0.3) is 10.6 Å². The molecule has 1 aliphatic heterocycles. The van der Waals surface area contributed by atoms with E-state index in [1.54, 1.807) is 11.6 Å². The van der Waals surface area contributed by atoms with Crippen LogP contribution in [-0.4, -0.2) is 28.9 Å². The summed E-state index contributed by atoms with van der Waals surface area (Å²) < 4.78 is 42.1. The molecular weight excluding hydrogens is 399 g/mol. The lowest BCUT2D eigenvalue weighted by atomic mass is 9.85. The minimum absolute atomic E-state index is 0.201. The van der Waals surface area contributed by atoms with Gasteiger partial charge in [-0.15, -0.1) is 11.3 Å². The van der Waals surface area contributed by atoms with E-state index in [1.165, 1.54) is 31.3 Å². The SMILES string of the molecule is C=Nc1c(CCC2CCC(C)N2)c(-c2nccs2)cc(C(C)(C)O)c1C(F)(F)F. The van der Waals surface area contributed by atoms with Crippen molar-refractivity contribution < 1.29 is 18.3 Å². The molecule has 4 nitrogen and oxygen atoms in total. The molecule has 3 rings (SSSR count). The Balaban J connectivity index is 2.19. The second kappa shape index (κ2) is 8.16. The predicted octanol–water partition coefficient (Wildman–Crippen LogP) is 5.46. The van der Waals surface area contributed by atoms with Gasteiger partial charge in [0.15, 0.2) is 0 Å². The van der Waals surface area contributed by atoms with E-state index >= 15 is 0 Å². The first kappa shape index (κ1) is 21.9. The van der Waals surface area contributed by atoms with Crippen LogP contribution in [0.15, 0.2) is 22.6 Å². The van der Waals surface area contributed by atoms with E-state index in [9.17, 15) is 18.3 Å². The third kappa shape index (κ3) is 4.70. The van der Waals surface area contributed by atoms with Gasteiger partial charge in [0.05, 0.1) is 16.9 Å². The normalized spacial score (nSPS) is 20.2. The molecule has 1 aromatic carbocycles. The van der Waals surface area contributed by atoms with Crippen LogP contribution in [0.4, 0.5) is 18.9 Å². The van der Waals surface area contributed by atoms with Gasteiger partial charge in [0.25, 0.3) is 0 Å². The number of rotatable bonds is 6. The first-order valence-electron chi connectivity index (χ1n) is 9.65. The number of hydrogen-bond acceptors (Lipinski definition) is 5. The molecule has 2 unspecified atom stereocenters. The van der Waals surface area contributed by atoms with Crippen molar-refractivity contribution in [2.24, 2.45) is 4.99 Å². The number of aliphatic hydroxyl groups is 1. The summed E-state index contributed by atoms with van der Waals surface area (Å²) in [5.74, 6) is 0. The number of aromatic nitrogens is 1. The van der Waals surface area contributed by atoms with Gasteiger partial charge in [0, 0.05) is 29.2 Å². The first-order chi connectivity index (χ1) is 13.5. The van der Waals surface area contributed by atoms with Gasteiger partial charge in [-0.1, -0.05) is 0 Å². The Bertz CT molecular complexity index is 873. The van der Waals surface area contributed by atoms with E-state index in [4.69, 9.17) is 0 Å². The molecule has 8 heteroatoms. The van der Waals surface area contributed by atoms with Crippen LogP contribution in [0, 0.1) is 0 Å². The van der Waals surface area contributed by atoms with Crippen LogP contribution in [0.5, 0.6) is 0 Å². The Morgan fingerprint density at radius 3 is 2.55 bits per heavy atom. The maximum Gasteiger partial charge on any atom is 0.418 e. The second-order valence-corrected chi connectivity index (χ2v) is 9.00. The third-order valence-electron chi connectivity index (χ3n) is 5.38. The Labute approximate surface area is 172 Å². The van der Waals surface area contributed by atoms with E-state index < -0.39 is 17.3 Å². The molecule has 0 radical (unpaired) electrons. The van der Waals surface area contributed by atoms with Crippen molar-refractivity contribution in [3.63, 3.8) is 0 Å². The molecule has 158 valence electrons. The fourth-order valence-electron chi connectivity index (χ4n) is 4.02. The first-order valence-corrected chi connectivity index (χ1v) is 10.5. The highest BCUT2D eigenvalue weighted by Gasteiger charge is 2.42. The summed E-state index contributed by atoms with van der Waals surface area (Å²) in [5.41, 5.74) is -1.96. The van der Waals surface area contributed by atoms with Crippen molar-refractivity contribution in [3.05, 3.63) is 34.3 Å². The van der Waals surface area contributed by atoms with Crippen LogP contribution in [0.3, 0.4) is 0 Å². The van der Waals surface area contributed by atoms with Crippen molar-refractivity contribution >= 4 is 23.7 Å². The summed E-state index contributed by atoms with van der Waals surface area (Å²) in [7, 11) is 0. The van der Waals surface area contributed by atoms with Gasteiger partial charge in [-0.25, -0.2) is 4.98 Å². The molecule has 29 heavy (non-hydrogen) atoms. The Morgan fingerprint density at radius 2 is 2.07 bits per heavy atom. The number of nitrogens with zero attached hydrogens (tertiary/aromatic N) is 2. The highest BCUT2D eigenvalue weighted by atomic mass is 32.1. The van der Waals surface area contributed by atoms with Crippen LogP contribution in [0.1, 0.15) is 56.7 Å². The van der Waals surface area contributed by atoms with Crippen molar-refractivity contribution in [1.29, 1.82) is 0 Å². The molecule has 1 aliphatic rings. The minimum atomic E-state index is -4.66. The Kier molecular flexibility index (Phi) is 6.17. The molecule has 1 saturated heterocycles. The van der Waals surface area contributed by atoms with Crippen LogP contribution in [0.2, 0.25) is 0 Å². The summed E-state index contributed by atoms with van der Waals surface area (Å²) in [4.78, 5) is 8.12. The number of alkyl halides is 3. The molecule has 1 aromatic heterocycles. The largest absolute Gasteiger partial charge is 0.418 e. The molecule has 0 amide bonds. The molecular formula is C21H26F3N3OS. The van der Waals surface area contributed by atoms with E-state index in [0.29, 0.717) is 35.0 Å². The molecule has 2 heterocycles. The highest BCUT2D eigenvalue weighted by Crippen LogP contribution is 2.48. The summed E-state index contributed by atoms with van der Waals surface area (Å²) in [6, 6.07) is 2.10.